The highest BCUT2D eigenvalue weighted by Crippen LogP contribution is 2.43. The normalized spacial score (nSPS) is 17.5. The highest BCUT2D eigenvalue weighted by Gasteiger charge is 2.41. The van der Waals surface area contributed by atoms with Crippen molar-refractivity contribution in [1.82, 2.24) is 25.8 Å². The van der Waals surface area contributed by atoms with E-state index in [1.807, 2.05) is 4.90 Å². The minimum absolute atomic E-state index is 0.0940. The first-order valence-electron chi connectivity index (χ1n) is 8.36. The monoisotopic (exact) mass is 345 g/mol. The van der Waals surface area contributed by atoms with E-state index in [0.29, 0.717) is 29.8 Å². The van der Waals surface area contributed by atoms with Gasteiger partial charge >= 0.3 is 0 Å². The Hall–Kier alpha value is -2.98. The highest BCUT2D eigenvalue weighted by atomic mass is 16.8. The second-order valence-electron chi connectivity index (χ2n) is 6.47. The maximum absolute atomic E-state index is 12.0. The Morgan fingerprint density at radius 1 is 0.880 bits per heavy atom. The Bertz CT molecular complexity index is 893. The molecule has 0 N–H and O–H groups in total. The predicted octanol–water partition coefficient (Wildman–Crippen LogP) is 1.83. The minimum Gasteiger partial charge on any atom is -0.359 e. The molecule has 1 aliphatic heterocycles. The topological polar surface area (TPSA) is 134 Å². The summed E-state index contributed by atoms with van der Waals surface area (Å²) in [7, 11) is 0. The van der Waals surface area contributed by atoms with Gasteiger partial charge in [0.25, 0.3) is 11.4 Å². The summed E-state index contributed by atoms with van der Waals surface area (Å²) >= 11 is 0. The largest absolute Gasteiger partial charge is 0.359 e. The van der Waals surface area contributed by atoms with Crippen LogP contribution in [0.2, 0.25) is 0 Å². The summed E-state index contributed by atoms with van der Waals surface area (Å²) in [4.78, 5) is 2.13. The van der Waals surface area contributed by atoms with E-state index < -0.39 is 0 Å². The Labute approximate surface area is 141 Å². The second-order valence-corrected chi connectivity index (χ2v) is 6.47. The molecule has 0 unspecified atom stereocenters. The molecule has 11 heteroatoms. The average Bonchev–Trinajstić information content (AvgIpc) is 3.28. The quantitative estimate of drug-likeness (QED) is 0.500. The van der Waals surface area contributed by atoms with Crippen LogP contribution >= 0.6 is 0 Å². The van der Waals surface area contributed by atoms with Crippen molar-refractivity contribution >= 4 is 11.6 Å². The molecule has 0 atom stereocenters. The van der Waals surface area contributed by atoms with E-state index in [4.69, 9.17) is 13.9 Å². The lowest BCUT2D eigenvalue weighted by atomic mass is 9.99. The van der Waals surface area contributed by atoms with Crippen molar-refractivity contribution in [3.8, 4) is 22.8 Å². The standard InChI is InChI=1S/C14H15N7O4/c22-21-12-9(17-25-21)10-13(18-23-15-10)20(14-11(12)16-24-19-14)7-8-5-3-1-2-4-6-8/h8H,1-7H2. The number of rotatable bonds is 2. The Balaban J connectivity index is 1.62. The summed E-state index contributed by atoms with van der Waals surface area (Å²) < 4.78 is 14.5. The van der Waals surface area contributed by atoms with Gasteiger partial charge in [0.15, 0.2) is 0 Å². The van der Waals surface area contributed by atoms with Crippen LogP contribution in [0.15, 0.2) is 13.9 Å². The van der Waals surface area contributed by atoms with Crippen molar-refractivity contribution in [2.24, 2.45) is 5.92 Å². The molecule has 0 bridgehead atoms. The van der Waals surface area contributed by atoms with E-state index in [1.165, 1.54) is 25.7 Å². The lowest BCUT2D eigenvalue weighted by Crippen LogP contribution is -2.28. The van der Waals surface area contributed by atoms with Gasteiger partial charge in [0.1, 0.15) is 0 Å². The molecule has 0 radical (unpaired) electrons. The molecule has 130 valence electrons. The smallest absolute Gasteiger partial charge is 0.284 e. The van der Waals surface area contributed by atoms with Crippen molar-refractivity contribution < 1.29 is 18.8 Å². The molecule has 11 nitrogen and oxygen atoms in total. The number of nitrogens with zero attached hydrogens (tertiary/aromatic N) is 7. The van der Waals surface area contributed by atoms with E-state index in [1.54, 1.807) is 0 Å². The van der Waals surface area contributed by atoms with Crippen molar-refractivity contribution in [3.05, 3.63) is 5.21 Å². The predicted molar refractivity (Wildman–Crippen MR) is 80.2 cm³/mol. The SMILES string of the molecule is [O-][n+]1onc2c1-c1nonc1N(CC1CCCCCC1)c1nonc1-2. The molecular weight excluding hydrogens is 330 g/mol. The fraction of sp³-hybridized carbons (Fsp3) is 0.571. The number of hydrogen-bond donors (Lipinski definition) is 0. The van der Waals surface area contributed by atoms with Gasteiger partial charge in [0, 0.05) is 11.7 Å². The zero-order valence-corrected chi connectivity index (χ0v) is 13.3. The van der Waals surface area contributed by atoms with Gasteiger partial charge in [-0.2, -0.15) is 0 Å². The van der Waals surface area contributed by atoms with Crippen molar-refractivity contribution in [2.45, 2.75) is 38.5 Å². The summed E-state index contributed by atoms with van der Waals surface area (Å²) in [6.07, 6.45) is 7.21. The summed E-state index contributed by atoms with van der Waals surface area (Å²) in [5.41, 5.74) is 0.907. The van der Waals surface area contributed by atoms with Crippen LogP contribution in [0.5, 0.6) is 0 Å². The maximum atomic E-state index is 12.0. The Morgan fingerprint density at radius 3 is 2.32 bits per heavy atom. The van der Waals surface area contributed by atoms with Crippen LogP contribution in [0.4, 0.5) is 11.6 Å². The summed E-state index contributed by atoms with van der Waals surface area (Å²) in [6, 6.07) is 0. The van der Waals surface area contributed by atoms with Crippen LogP contribution in [0.1, 0.15) is 38.5 Å². The molecule has 0 spiro atoms. The molecule has 25 heavy (non-hydrogen) atoms. The first kappa shape index (κ1) is 14.4. The fourth-order valence-corrected chi connectivity index (χ4v) is 3.70. The molecule has 5 rings (SSSR count). The van der Waals surface area contributed by atoms with Crippen molar-refractivity contribution in [1.29, 1.82) is 0 Å². The molecule has 0 amide bonds. The van der Waals surface area contributed by atoms with E-state index in [0.717, 1.165) is 12.8 Å². The lowest BCUT2D eigenvalue weighted by molar-refractivity contribution is -0.793. The van der Waals surface area contributed by atoms with E-state index >= 15 is 0 Å². The third kappa shape index (κ3) is 2.18. The minimum atomic E-state index is 0.0940. The Kier molecular flexibility index (Phi) is 3.18. The molecule has 2 aliphatic rings. The van der Waals surface area contributed by atoms with Gasteiger partial charge in [-0.25, -0.2) is 9.26 Å². The zero-order chi connectivity index (χ0) is 16.8. The van der Waals surface area contributed by atoms with Gasteiger partial charge in [-0.05, 0) is 44.3 Å². The summed E-state index contributed by atoms with van der Waals surface area (Å²) in [5, 5.41) is 31.6. The van der Waals surface area contributed by atoms with Gasteiger partial charge in [-0.15, -0.1) is 0 Å². The molecule has 0 saturated heterocycles. The van der Waals surface area contributed by atoms with Crippen LogP contribution < -0.4 is 9.80 Å². The van der Waals surface area contributed by atoms with Crippen molar-refractivity contribution in [2.75, 3.05) is 11.4 Å². The molecule has 1 saturated carbocycles. The zero-order valence-electron chi connectivity index (χ0n) is 13.3. The molecule has 1 fully saturated rings. The number of anilines is 2. The van der Waals surface area contributed by atoms with Crippen LogP contribution in [0, 0.1) is 11.1 Å². The third-order valence-corrected chi connectivity index (χ3v) is 4.93. The summed E-state index contributed by atoms with van der Waals surface area (Å²) in [6.45, 7) is 0.669. The van der Waals surface area contributed by atoms with Crippen LogP contribution in [-0.2, 0) is 0 Å². The highest BCUT2D eigenvalue weighted by molar-refractivity contribution is 5.88. The van der Waals surface area contributed by atoms with Gasteiger partial charge in [0.05, 0.1) is 0 Å². The first-order chi connectivity index (χ1) is 12.3. The van der Waals surface area contributed by atoms with Crippen molar-refractivity contribution in [3.63, 3.8) is 0 Å². The van der Waals surface area contributed by atoms with Gasteiger partial charge in [0.2, 0.25) is 23.0 Å². The average molecular weight is 345 g/mol. The number of fused-ring (bicyclic) bond motifs is 5. The fourth-order valence-electron chi connectivity index (χ4n) is 3.70. The molecule has 0 aromatic carbocycles. The van der Waals surface area contributed by atoms with Crippen LogP contribution in [0.3, 0.4) is 0 Å². The third-order valence-electron chi connectivity index (χ3n) is 4.93. The first-order valence-corrected chi connectivity index (χ1v) is 8.36. The van der Waals surface area contributed by atoms with Crippen LogP contribution in [-0.4, -0.2) is 32.3 Å². The molecule has 3 aromatic heterocycles. The lowest BCUT2D eigenvalue weighted by Gasteiger charge is -2.23. The number of hydrogen-bond acceptors (Lipinski definition) is 10. The van der Waals surface area contributed by atoms with Gasteiger partial charge in [-0.3, -0.25) is 4.63 Å². The molecular formula is C14H15N7O4. The van der Waals surface area contributed by atoms with E-state index in [-0.39, 0.29) is 22.0 Å². The second kappa shape index (κ2) is 5.53. The van der Waals surface area contributed by atoms with Crippen LogP contribution in [0.25, 0.3) is 22.8 Å². The summed E-state index contributed by atoms with van der Waals surface area (Å²) in [5.74, 6) is 1.31. The van der Waals surface area contributed by atoms with E-state index in [9.17, 15) is 5.21 Å². The molecule has 1 aliphatic carbocycles. The number of aromatic nitrogens is 6. The maximum Gasteiger partial charge on any atom is 0.284 e. The molecule has 3 aromatic rings. The molecule has 4 heterocycles. The van der Waals surface area contributed by atoms with Gasteiger partial charge < -0.3 is 10.1 Å². The van der Waals surface area contributed by atoms with Gasteiger partial charge in [-0.1, -0.05) is 25.7 Å². The Morgan fingerprint density at radius 2 is 1.56 bits per heavy atom. The van der Waals surface area contributed by atoms with E-state index in [2.05, 4.69) is 25.8 Å².